The van der Waals surface area contributed by atoms with Crippen molar-refractivity contribution in [3.63, 3.8) is 0 Å². The van der Waals surface area contributed by atoms with E-state index in [2.05, 4.69) is 17.3 Å². The predicted molar refractivity (Wildman–Crippen MR) is 49.1 cm³/mol. The summed E-state index contributed by atoms with van der Waals surface area (Å²) < 4.78 is 123. The first kappa shape index (κ1) is 29.9. The first-order valence-corrected chi connectivity index (χ1v) is 8.33. The Balaban J connectivity index is -0.000000135. The molecule has 22 heavy (non-hydrogen) atoms. The molecule has 0 amide bonds. The summed E-state index contributed by atoms with van der Waals surface area (Å²) >= 11 is 0. The van der Waals surface area contributed by atoms with Crippen molar-refractivity contribution in [1.82, 2.24) is 6.15 Å². The molecule has 22 heteroatoms. The average molecular weight is 458 g/mol. The topological polar surface area (TPSA) is 302 Å². The summed E-state index contributed by atoms with van der Waals surface area (Å²) in [6.45, 7) is 0. The van der Waals surface area contributed by atoms with Crippen LogP contribution in [-0.4, -0.2) is 51.9 Å². The average Bonchev–Trinajstić information content (AvgIpc) is 2.09. The van der Waals surface area contributed by atoms with Gasteiger partial charge in [-0.2, -0.15) is 0 Å². The minimum atomic E-state index is -5.31. The minimum Gasteiger partial charge on any atom is -0.724 e. The summed E-state index contributed by atoms with van der Waals surface area (Å²) in [7, 11) is -21.2. The smallest absolute Gasteiger partial charge is 0.724 e. The molecular formula is H4FeNO16S4. The van der Waals surface area contributed by atoms with E-state index >= 15 is 0 Å². The van der Waals surface area contributed by atoms with Gasteiger partial charge in [0.05, 0.1) is 0 Å². The predicted octanol–water partition coefficient (Wildman–Crippen LogP) is -3.92. The molecule has 0 aliphatic carbocycles. The van der Waals surface area contributed by atoms with Crippen LogP contribution in [-0.2, 0) is 76.0 Å². The van der Waals surface area contributed by atoms with Crippen LogP contribution in [0.3, 0.4) is 0 Å². The van der Waals surface area contributed by atoms with E-state index in [1.807, 2.05) is 0 Å². The Labute approximate surface area is 134 Å². The molecule has 0 fully saturated rings. The van der Waals surface area contributed by atoms with E-state index in [4.69, 9.17) is 0 Å². The molecule has 17 nitrogen and oxygen atoms in total. The van der Waals surface area contributed by atoms with Crippen LogP contribution in [0.1, 0.15) is 0 Å². The van der Waals surface area contributed by atoms with Crippen LogP contribution in [0, 0.1) is 0 Å². The van der Waals surface area contributed by atoms with Gasteiger partial charge in [0, 0.05) is 0 Å². The van der Waals surface area contributed by atoms with Crippen molar-refractivity contribution >= 4 is 41.6 Å². The first-order chi connectivity index (χ1) is 8.41. The van der Waals surface area contributed by atoms with Crippen LogP contribution in [0.2, 0.25) is 0 Å². The molecule has 0 rings (SSSR count). The van der Waals surface area contributed by atoms with E-state index in [9.17, 15) is 51.9 Å². The minimum absolute atomic E-state index is 0. The summed E-state index contributed by atoms with van der Waals surface area (Å²) in [6.07, 6.45) is 0. The molecule has 4 N–H and O–H groups in total. The van der Waals surface area contributed by atoms with Gasteiger partial charge in [0.25, 0.3) is 0 Å². The van der Waals surface area contributed by atoms with Crippen LogP contribution >= 0.6 is 0 Å². The van der Waals surface area contributed by atoms with Crippen molar-refractivity contribution in [1.29, 1.82) is 0 Å². The molecule has 0 aliphatic rings. The van der Waals surface area contributed by atoms with E-state index in [-0.39, 0.29) is 23.2 Å². The van der Waals surface area contributed by atoms with Gasteiger partial charge in [-0.15, -0.1) is 17.3 Å². The first-order valence-electron chi connectivity index (χ1n) is 3.00. The van der Waals surface area contributed by atoms with E-state index in [1.165, 1.54) is 0 Å². The van der Waals surface area contributed by atoms with Crippen LogP contribution < -0.4 is 6.15 Å². The summed E-state index contributed by atoms with van der Waals surface area (Å²) in [6, 6.07) is 0. The summed E-state index contributed by atoms with van der Waals surface area (Å²) in [5.74, 6) is 0. The number of hydrogen-bond donors (Lipinski definition) is 1. The van der Waals surface area contributed by atoms with Crippen molar-refractivity contribution < 1.29 is 86.3 Å². The normalized spacial score (nSPS) is 12.2. The molecule has 0 bridgehead atoms. The van der Waals surface area contributed by atoms with Crippen molar-refractivity contribution in [3.8, 4) is 0 Å². The summed E-state index contributed by atoms with van der Waals surface area (Å²) in [5, 5.41) is 0. The Morgan fingerprint density at radius 1 is 0.455 bits per heavy atom. The monoisotopic (exact) mass is 458 g/mol. The third-order valence-corrected chi connectivity index (χ3v) is 1.50. The molecule has 0 aromatic heterocycles. The zero-order chi connectivity index (χ0) is 16.8. The second-order valence-corrected chi connectivity index (χ2v) is 5.72. The molecule has 0 saturated carbocycles. The van der Waals surface area contributed by atoms with Crippen molar-refractivity contribution in [2.24, 2.45) is 0 Å². The van der Waals surface area contributed by atoms with Gasteiger partial charge < -0.3 is 24.4 Å². The van der Waals surface area contributed by atoms with E-state index in [1.54, 1.807) is 0 Å². The molecular weight excluding hydrogens is 454 g/mol. The van der Waals surface area contributed by atoms with Gasteiger partial charge in [0.2, 0.25) is 41.6 Å². The number of quaternary nitrogens is 1. The Morgan fingerprint density at radius 3 is 0.591 bits per heavy atom. The SMILES string of the molecule is O=S(=O)([O-])OOS(=O)(=O)[O-].O=S(=O)([O-])OOS(=O)(=O)[O-].[Fe+3].[NH4+]. The van der Waals surface area contributed by atoms with E-state index in [0.29, 0.717) is 0 Å². The third-order valence-electron chi connectivity index (χ3n) is 0.389. The number of rotatable bonds is 6. The maximum absolute atomic E-state index is 9.37. The molecule has 1 radical (unpaired) electrons. The Hall–Kier alpha value is -0.0405. The molecule has 0 atom stereocenters. The molecule has 0 aromatic rings. The molecule has 0 aromatic carbocycles. The maximum Gasteiger partial charge on any atom is 3.00 e. The van der Waals surface area contributed by atoms with Crippen LogP contribution in [0.25, 0.3) is 0 Å². The Kier molecular flexibility index (Phi) is 14.5. The van der Waals surface area contributed by atoms with E-state index in [0.717, 1.165) is 0 Å². The van der Waals surface area contributed by atoms with Gasteiger partial charge in [-0.05, 0) is 0 Å². The van der Waals surface area contributed by atoms with Gasteiger partial charge in [0.1, 0.15) is 0 Å². The quantitative estimate of drug-likeness (QED) is 0.131. The van der Waals surface area contributed by atoms with Gasteiger partial charge in [0.15, 0.2) is 0 Å². The maximum atomic E-state index is 9.37. The second kappa shape index (κ2) is 10.7. The molecule has 0 spiro atoms. The van der Waals surface area contributed by atoms with E-state index < -0.39 is 41.6 Å². The van der Waals surface area contributed by atoms with Gasteiger partial charge >= 0.3 is 17.1 Å². The zero-order valence-electron chi connectivity index (χ0n) is 9.52. The molecule has 0 saturated heterocycles. The summed E-state index contributed by atoms with van der Waals surface area (Å²) in [4.78, 5) is 0. The fourth-order valence-corrected chi connectivity index (χ4v) is 1.22. The van der Waals surface area contributed by atoms with Gasteiger partial charge in [-0.1, -0.05) is 0 Å². The third kappa shape index (κ3) is 36.8. The van der Waals surface area contributed by atoms with Crippen molar-refractivity contribution in [2.45, 2.75) is 0 Å². The van der Waals surface area contributed by atoms with Crippen molar-refractivity contribution in [2.75, 3.05) is 0 Å². The molecule has 0 aliphatic heterocycles. The Morgan fingerprint density at radius 2 is 0.545 bits per heavy atom. The zero-order valence-corrected chi connectivity index (χ0v) is 13.9. The van der Waals surface area contributed by atoms with Crippen LogP contribution in [0.5, 0.6) is 0 Å². The fourth-order valence-electron chi connectivity index (χ4n) is 0.136. The standard InChI is InChI=1S/Fe.H3N.2H2O8S2/c;;2*1-9(2,3)7-8-10(4,5)6/h;1H3;2*(H,1,2,3)(H,4,5,6)/q+3;;;/p-3. The van der Waals surface area contributed by atoms with Crippen LogP contribution in [0.4, 0.5) is 0 Å². The molecule has 137 valence electrons. The van der Waals surface area contributed by atoms with Gasteiger partial charge in [-0.3, -0.25) is 0 Å². The summed E-state index contributed by atoms with van der Waals surface area (Å²) in [5.41, 5.74) is 0. The Bertz CT molecular complexity index is 562. The largest absolute Gasteiger partial charge is 3.00 e. The second-order valence-electron chi connectivity index (χ2n) is 1.91. The van der Waals surface area contributed by atoms with Crippen molar-refractivity contribution in [3.05, 3.63) is 0 Å². The number of hydrogen-bond acceptors (Lipinski definition) is 16. The van der Waals surface area contributed by atoms with Crippen LogP contribution in [0.15, 0.2) is 0 Å². The fraction of sp³-hybridized carbons (Fsp3) is 0. The van der Waals surface area contributed by atoms with Gasteiger partial charge in [-0.25, -0.2) is 33.7 Å². The molecule has 0 heterocycles. The molecule has 0 unspecified atom stereocenters.